The molecule has 0 unspecified atom stereocenters. The second kappa shape index (κ2) is 6.48. The second-order valence-electron chi connectivity index (χ2n) is 5.13. The Bertz CT molecular complexity index is 982. The van der Waals surface area contributed by atoms with Gasteiger partial charge in [-0.1, -0.05) is 0 Å². The van der Waals surface area contributed by atoms with Gasteiger partial charge in [-0.25, -0.2) is 13.6 Å². The monoisotopic (exact) mass is 363 g/mol. The minimum Gasteiger partial charge on any atom is -0.489 e. The molecule has 8 heteroatoms. The number of fused-ring (bicyclic) bond motifs is 1. The predicted molar refractivity (Wildman–Crippen MR) is 88.0 cm³/mol. The van der Waals surface area contributed by atoms with E-state index in [2.05, 4.69) is 0 Å². The van der Waals surface area contributed by atoms with Gasteiger partial charge in [-0.3, -0.25) is 4.79 Å². The third-order valence-corrected chi connectivity index (χ3v) is 4.75. The number of hydrogen-bond donors (Lipinski definition) is 2. The Kier molecular flexibility index (Phi) is 4.37. The summed E-state index contributed by atoms with van der Waals surface area (Å²) in [4.78, 5) is 22.3. The number of hydrogen-bond acceptors (Lipinski definition) is 4. The van der Waals surface area contributed by atoms with E-state index < -0.39 is 23.5 Å². The topological polar surface area (TPSA) is 89.6 Å². The van der Waals surface area contributed by atoms with Gasteiger partial charge in [-0.05, 0) is 36.4 Å². The van der Waals surface area contributed by atoms with Crippen LogP contribution < -0.4 is 10.5 Å². The summed E-state index contributed by atoms with van der Waals surface area (Å²) in [7, 11) is 0. The number of carbonyl (C=O) groups excluding carboxylic acids is 1. The summed E-state index contributed by atoms with van der Waals surface area (Å²) in [5, 5.41) is 9.21. The molecule has 128 valence electrons. The third-order valence-electron chi connectivity index (χ3n) is 3.56. The Morgan fingerprint density at radius 3 is 2.40 bits per heavy atom. The lowest BCUT2D eigenvalue weighted by atomic mass is 10.1. The first-order chi connectivity index (χ1) is 11.9. The number of thiophene rings is 1. The Morgan fingerprint density at radius 2 is 1.80 bits per heavy atom. The standard InChI is InChI=1S/C17H11F2NO4S/c18-11-5-6-12-13(14(11)19)10(15(25-12)17(22)23)7-24-9-3-1-8(2-4-9)16(20)21/h1-6H,7H2,(H2,20,21)(H,22,23). The van der Waals surface area contributed by atoms with Gasteiger partial charge in [0.05, 0.1) is 0 Å². The predicted octanol–water partition coefficient (Wildman–Crippen LogP) is 3.56. The number of ether oxygens (including phenoxy) is 1. The molecule has 5 nitrogen and oxygen atoms in total. The maximum absolute atomic E-state index is 14.1. The van der Waals surface area contributed by atoms with Gasteiger partial charge in [0.1, 0.15) is 17.2 Å². The van der Waals surface area contributed by atoms with E-state index in [1.165, 1.54) is 30.3 Å². The summed E-state index contributed by atoms with van der Waals surface area (Å²) >= 11 is 0.849. The summed E-state index contributed by atoms with van der Waals surface area (Å²) in [6, 6.07) is 8.13. The number of amides is 1. The number of carbonyl (C=O) groups is 2. The van der Waals surface area contributed by atoms with Crippen LogP contribution in [0.5, 0.6) is 5.75 Å². The molecule has 0 bridgehead atoms. The maximum Gasteiger partial charge on any atom is 0.346 e. The molecule has 0 aliphatic heterocycles. The summed E-state index contributed by atoms with van der Waals surface area (Å²) in [5.74, 6) is -3.68. The van der Waals surface area contributed by atoms with E-state index in [4.69, 9.17) is 10.5 Å². The molecule has 0 atom stereocenters. The second-order valence-corrected chi connectivity index (χ2v) is 6.18. The van der Waals surface area contributed by atoms with Crippen molar-refractivity contribution in [2.24, 2.45) is 5.73 Å². The highest BCUT2D eigenvalue weighted by Crippen LogP contribution is 2.35. The molecule has 0 spiro atoms. The zero-order valence-corrected chi connectivity index (χ0v) is 13.4. The van der Waals surface area contributed by atoms with Crippen LogP contribution in [0.1, 0.15) is 25.6 Å². The van der Waals surface area contributed by atoms with Crippen LogP contribution in [0.4, 0.5) is 8.78 Å². The molecule has 0 saturated carbocycles. The maximum atomic E-state index is 14.1. The van der Waals surface area contributed by atoms with Gasteiger partial charge < -0.3 is 15.6 Å². The lowest BCUT2D eigenvalue weighted by Crippen LogP contribution is -2.10. The zero-order chi connectivity index (χ0) is 18.1. The van der Waals surface area contributed by atoms with E-state index in [1.807, 2.05) is 0 Å². The van der Waals surface area contributed by atoms with Crippen molar-refractivity contribution in [1.82, 2.24) is 0 Å². The molecule has 0 fully saturated rings. The summed E-state index contributed by atoms with van der Waals surface area (Å²) in [6.45, 7) is -0.266. The number of rotatable bonds is 5. The largest absolute Gasteiger partial charge is 0.489 e. The van der Waals surface area contributed by atoms with Crippen molar-refractivity contribution in [3.8, 4) is 5.75 Å². The van der Waals surface area contributed by atoms with Gasteiger partial charge >= 0.3 is 5.97 Å². The van der Waals surface area contributed by atoms with Gasteiger partial charge in [0.15, 0.2) is 11.6 Å². The van der Waals surface area contributed by atoms with Gasteiger partial charge in [-0.2, -0.15) is 0 Å². The fourth-order valence-corrected chi connectivity index (χ4v) is 3.41. The van der Waals surface area contributed by atoms with Crippen LogP contribution >= 0.6 is 11.3 Å². The van der Waals surface area contributed by atoms with E-state index >= 15 is 0 Å². The Labute approximate surface area is 144 Å². The quantitative estimate of drug-likeness (QED) is 0.725. The van der Waals surface area contributed by atoms with Crippen LogP contribution in [-0.2, 0) is 6.61 Å². The molecular formula is C17H11F2NO4S. The van der Waals surface area contributed by atoms with Crippen molar-refractivity contribution in [2.45, 2.75) is 6.61 Å². The molecule has 3 N–H and O–H groups in total. The van der Waals surface area contributed by atoms with Crippen molar-refractivity contribution in [1.29, 1.82) is 0 Å². The smallest absolute Gasteiger partial charge is 0.346 e. The number of halogens is 2. The van der Waals surface area contributed by atoms with Crippen LogP contribution in [0.3, 0.4) is 0 Å². The lowest BCUT2D eigenvalue weighted by molar-refractivity contribution is 0.0699. The average molecular weight is 363 g/mol. The molecule has 1 aromatic heterocycles. The molecule has 25 heavy (non-hydrogen) atoms. The van der Waals surface area contributed by atoms with Gasteiger partial charge in [0.25, 0.3) is 0 Å². The Hall–Kier alpha value is -3.00. The molecule has 1 amide bonds. The zero-order valence-electron chi connectivity index (χ0n) is 12.6. The minimum atomic E-state index is -1.25. The third kappa shape index (κ3) is 3.16. The van der Waals surface area contributed by atoms with E-state index in [0.29, 0.717) is 10.4 Å². The first-order valence-electron chi connectivity index (χ1n) is 7.04. The number of carboxylic acids is 1. The van der Waals surface area contributed by atoms with Crippen LogP contribution in [0.25, 0.3) is 10.1 Å². The van der Waals surface area contributed by atoms with Crippen LogP contribution in [-0.4, -0.2) is 17.0 Å². The highest BCUT2D eigenvalue weighted by Gasteiger charge is 2.22. The average Bonchev–Trinajstić information content (AvgIpc) is 2.96. The highest BCUT2D eigenvalue weighted by atomic mass is 32.1. The lowest BCUT2D eigenvalue weighted by Gasteiger charge is -2.08. The molecule has 0 aliphatic carbocycles. The highest BCUT2D eigenvalue weighted by molar-refractivity contribution is 7.21. The SMILES string of the molecule is NC(=O)c1ccc(OCc2c(C(=O)O)sc3ccc(F)c(F)c23)cc1. The normalized spacial score (nSPS) is 10.8. The van der Waals surface area contributed by atoms with E-state index in [-0.39, 0.29) is 28.0 Å². The first kappa shape index (κ1) is 16.8. The van der Waals surface area contributed by atoms with Crippen molar-refractivity contribution in [3.63, 3.8) is 0 Å². The Balaban J connectivity index is 1.97. The van der Waals surface area contributed by atoms with Crippen molar-refractivity contribution in [2.75, 3.05) is 0 Å². The van der Waals surface area contributed by atoms with E-state index in [0.717, 1.165) is 17.4 Å². The van der Waals surface area contributed by atoms with Crippen molar-refractivity contribution < 1.29 is 28.2 Å². The van der Waals surface area contributed by atoms with Crippen LogP contribution in [0.15, 0.2) is 36.4 Å². The molecule has 3 aromatic rings. The summed E-state index contributed by atoms with van der Waals surface area (Å²) < 4.78 is 33.5. The fraction of sp³-hybridized carbons (Fsp3) is 0.0588. The fourth-order valence-electron chi connectivity index (χ4n) is 2.37. The molecule has 2 aromatic carbocycles. The molecule has 3 rings (SSSR count). The number of benzene rings is 2. The van der Waals surface area contributed by atoms with Gasteiger partial charge in [0, 0.05) is 21.2 Å². The van der Waals surface area contributed by atoms with Crippen molar-refractivity contribution >= 4 is 33.3 Å². The molecule has 0 radical (unpaired) electrons. The van der Waals surface area contributed by atoms with Gasteiger partial charge in [-0.15, -0.1) is 11.3 Å². The molecule has 0 saturated heterocycles. The van der Waals surface area contributed by atoms with Crippen molar-refractivity contribution in [3.05, 3.63) is 64.0 Å². The molecule has 1 heterocycles. The van der Waals surface area contributed by atoms with Crippen LogP contribution in [0.2, 0.25) is 0 Å². The van der Waals surface area contributed by atoms with E-state index in [1.54, 1.807) is 0 Å². The number of nitrogens with two attached hydrogens (primary N) is 1. The summed E-state index contributed by atoms with van der Waals surface area (Å²) in [5.41, 5.74) is 5.48. The van der Waals surface area contributed by atoms with Crippen LogP contribution in [0, 0.1) is 11.6 Å². The number of aromatic carboxylic acids is 1. The summed E-state index contributed by atoms with van der Waals surface area (Å²) in [6.07, 6.45) is 0. The number of primary amides is 1. The molecular weight excluding hydrogens is 352 g/mol. The molecule has 0 aliphatic rings. The van der Waals surface area contributed by atoms with Gasteiger partial charge in [0.2, 0.25) is 5.91 Å². The van der Waals surface area contributed by atoms with E-state index in [9.17, 15) is 23.5 Å². The Morgan fingerprint density at radius 1 is 1.12 bits per heavy atom. The number of carboxylic acid groups (broad SMARTS) is 1. The minimum absolute atomic E-state index is 0.0588. The first-order valence-corrected chi connectivity index (χ1v) is 7.85.